The Bertz CT molecular complexity index is 688. The normalized spacial score (nSPS) is 13.8. The molecule has 2 aromatic carbocycles. The topological polar surface area (TPSA) is 9.23 Å². The minimum Gasteiger partial charge on any atom is -0.316 e. The minimum absolute atomic E-state index is 0.773. The Morgan fingerprint density at radius 2 is 0.960 bits per heavy atom. The fraction of sp³-hybridized carbons (Fsp3) is 0.111. The van der Waals surface area contributed by atoms with E-state index in [1.54, 1.807) is 0 Å². The second-order valence-electron chi connectivity index (χ2n) is 4.94. The van der Waals surface area contributed by atoms with E-state index in [4.69, 9.17) is 4.74 Å². The van der Waals surface area contributed by atoms with Crippen molar-refractivity contribution in [2.75, 3.05) is 0 Å². The van der Waals surface area contributed by atoms with E-state index < -0.39 is 6.84 Å². The van der Waals surface area contributed by atoms with Crippen LogP contribution in [0.1, 0.15) is 11.1 Å². The van der Waals surface area contributed by atoms with Crippen LogP contribution in [0.3, 0.4) is 0 Å². The molecule has 132 valence electrons. The maximum atomic E-state index is 6.13. The highest BCUT2D eigenvalue weighted by atomic mass is 79.9. The molecule has 0 spiro atoms. The predicted octanol–water partition coefficient (Wildman–Crippen LogP) is 8.76. The van der Waals surface area contributed by atoms with Crippen LogP contribution in [-0.4, -0.2) is 6.84 Å². The average molecular weight is 724 g/mol. The predicted molar refractivity (Wildman–Crippen MR) is 129 cm³/mol. The lowest BCUT2D eigenvalue weighted by molar-refractivity contribution is 0.119. The van der Waals surface area contributed by atoms with Crippen molar-refractivity contribution in [2.24, 2.45) is 0 Å². The first-order chi connectivity index (χ1) is 11.7. The van der Waals surface area contributed by atoms with Crippen LogP contribution in [-0.2, 0) is 4.74 Å². The van der Waals surface area contributed by atoms with Gasteiger partial charge in [0.05, 0.1) is 0 Å². The molecule has 0 amide bonds. The SMILES string of the molecule is Br/C(=C\c1ccccc1)C(Br)(Br)OC(Br)(Br)/C(Br)=C/c1ccccc1. The van der Waals surface area contributed by atoms with Crippen LogP contribution in [0.25, 0.3) is 12.2 Å². The smallest absolute Gasteiger partial charge is 0.212 e. The number of hydrogen-bond donors (Lipinski definition) is 0. The van der Waals surface area contributed by atoms with Crippen LogP contribution < -0.4 is 0 Å². The molecular formula is C18H12Br6O. The van der Waals surface area contributed by atoms with E-state index >= 15 is 0 Å². The van der Waals surface area contributed by atoms with Crippen molar-refractivity contribution < 1.29 is 4.74 Å². The molecule has 25 heavy (non-hydrogen) atoms. The van der Waals surface area contributed by atoms with Gasteiger partial charge >= 0.3 is 0 Å². The van der Waals surface area contributed by atoms with E-state index in [0.717, 1.165) is 20.1 Å². The van der Waals surface area contributed by atoms with E-state index in [1.807, 2.05) is 72.8 Å². The summed E-state index contributed by atoms with van der Waals surface area (Å²) in [6.45, 7) is 0. The first-order valence-electron chi connectivity index (χ1n) is 7.02. The highest BCUT2D eigenvalue weighted by Gasteiger charge is 2.39. The van der Waals surface area contributed by atoms with Crippen molar-refractivity contribution in [3.05, 3.63) is 80.8 Å². The van der Waals surface area contributed by atoms with Gasteiger partial charge in [0.25, 0.3) is 0 Å². The Labute approximate surface area is 198 Å². The van der Waals surface area contributed by atoms with Gasteiger partial charge in [-0.15, -0.1) is 0 Å². The van der Waals surface area contributed by atoms with Crippen LogP contribution in [0.2, 0.25) is 0 Å². The van der Waals surface area contributed by atoms with E-state index in [1.165, 1.54) is 0 Å². The third kappa shape index (κ3) is 7.01. The van der Waals surface area contributed by atoms with Crippen LogP contribution in [0.5, 0.6) is 0 Å². The van der Waals surface area contributed by atoms with Crippen molar-refractivity contribution >= 4 is 108 Å². The highest BCUT2D eigenvalue weighted by Crippen LogP contribution is 2.50. The molecule has 0 N–H and O–H groups in total. The van der Waals surface area contributed by atoms with Crippen LogP contribution in [0, 0.1) is 0 Å². The highest BCUT2D eigenvalue weighted by molar-refractivity contribution is 9.27. The maximum absolute atomic E-state index is 6.13. The summed E-state index contributed by atoms with van der Waals surface area (Å²) in [6.07, 6.45) is 3.93. The number of hydrogen-bond acceptors (Lipinski definition) is 1. The summed E-state index contributed by atoms with van der Waals surface area (Å²) in [6, 6.07) is 19.9. The zero-order valence-electron chi connectivity index (χ0n) is 12.6. The fourth-order valence-corrected chi connectivity index (χ4v) is 4.81. The summed E-state index contributed by atoms with van der Waals surface area (Å²) in [5, 5.41) is 0. The van der Waals surface area contributed by atoms with Gasteiger partial charge in [-0.05, 0) is 87.0 Å². The van der Waals surface area contributed by atoms with Crippen molar-refractivity contribution in [1.82, 2.24) is 0 Å². The molecule has 2 rings (SSSR count). The van der Waals surface area contributed by atoms with Gasteiger partial charge in [-0.25, -0.2) is 0 Å². The van der Waals surface area contributed by atoms with Gasteiger partial charge in [-0.3, -0.25) is 0 Å². The third-order valence-electron chi connectivity index (χ3n) is 3.00. The minimum atomic E-state index is -0.938. The number of ether oxygens (including phenoxy) is 1. The largest absolute Gasteiger partial charge is 0.316 e. The summed E-state index contributed by atoms with van der Waals surface area (Å²) in [5.41, 5.74) is 2.10. The van der Waals surface area contributed by atoms with Crippen LogP contribution >= 0.6 is 95.6 Å². The Hall–Kier alpha value is 0.760. The summed E-state index contributed by atoms with van der Waals surface area (Å²) < 4.78 is 5.80. The third-order valence-corrected chi connectivity index (χ3v) is 9.06. The number of alkyl halides is 4. The lowest BCUT2D eigenvalue weighted by Crippen LogP contribution is -2.28. The molecule has 7 heteroatoms. The molecule has 1 nitrogen and oxygen atoms in total. The average Bonchev–Trinajstić information content (AvgIpc) is 2.55. The molecular weight excluding hydrogens is 712 g/mol. The molecule has 0 atom stereocenters. The van der Waals surface area contributed by atoms with Crippen molar-refractivity contribution in [2.45, 2.75) is 6.84 Å². The Balaban J connectivity index is 2.20. The number of rotatable bonds is 6. The fourth-order valence-electron chi connectivity index (χ4n) is 1.82. The molecule has 0 aliphatic heterocycles. The quantitative estimate of drug-likeness (QED) is 0.271. The molecule has 0 aliphatic carbocycles. The van der Waals surface area contributed by atoms with Gasteiger partial charge in [0.15, 0.2) is 0 Å². The molecule has 0 radical (unpaired) electrons. The molecule has 0 heterocycles. The van der Waals surface area contributed by atoms with Crippen LogP contribution in [0.15, 0.2) is 69.6 Å². The zero-order chi connectivity index (χ0) is 18.5. The number of benzene rings is 2. The van der Waals surface area contributed by atoms with Gasteiger partial charge < -0.3 is 4.74 Å². The molecule has 2 aromatic rings. The molecule has 0 aliphatic rings. The maximum Gasteiger partial charge on any atom is 0.212 e. The molecule has 0 bridgehead atoms. The summed E-state index contributed by atoms with van der Waals surface area (Å²) in [4.78, 5) is 0. The molecule has 0 saturated heterocycles. The van der Waals surface area contributed by atoms with Gasteiger partial charge in [0, 0.05) is 8.96 Å². The van der Waals surface area contributed by atoms with Gasteiger partial charge in [-0.1, -0.05) is 92.5 Å². The van der Waals surface area contributed by atoms with E-state index in [9.17, 15) is 0 Å². The number of halogens is 6. The van der Waals surface area contributed by atoms with Gasteiger partial charge in [0.1, 0.15) is 0 Å². The van der Waals surface area contributed by atoms with Gasteiger partial charge in [-0.2, -0.15) is 0 Å². The molecule has 0 aromatic heterocycles. The second-order valence-corrected chi connectivity index (χ2v) is 13.2. The van der Waals surface area contributed by atoms with E-state index in [2.05, 4.69) is 95.6 Å². The summed E-state index contributed by atoms with van der Waals surface area (Å²) in [7, 11) is 0. The molecule has 0 unspecified atom stereocenters. The first-order valence-corrected chi connectivity index (χ1v) is 11.8. The standard InChI is InChI=1S/C18H12Br6O/c19-15(11-13-7-3-1-4-8-13)17(21,22)25-18(23,24)16(20)12-14-9-5-2-6-10-14/h1-12H/b15-11-,16-12-. The Morgan fingerprint density at radius 1 is 0.640 bits per heavy atom. The molecule has 0 saturated carbocycles. The summed E-state index contributed by atoms with van der Waals surface area (Å²) in [5.74, 6) is 0. The van der Waals surface area contributed by atoms with E-state index in [-0.39, 0.29) is 0 Å². The molecule has 0 fully saturated rings. The second kappa shape index (κ2) is 9.80. The van der Waals surface area contributed by atoms with E-state index in [0.29, 0.717) is 0 Å². The van der Waals surface area contributed by atoms with Gasteiger partial charge in [0.2, 0.25) is 6.84 Å². The first kappa shape index (κ1) is 22.1. The van der Waals surface area contributed by atoms with Crippen LogP contribution in [0.4, 0.5) is 0 Å². The zero-order valence-corrected chi connectivity index (χ0v) is 22.1. The van der Waals surface area contributed by atoms with Crippen molar-refractivity contribution in [1.29, 1.82) is 0 Å². The Morgan fingerprint density at radius 3 is 1.28 bits per heavy atom. The lowest BCUT2D eigenvalue weighted by Gasteiger charge is -2.30. The summed E-state index contributed by atoms with van der Waals surface area (Å²) >= 11 is 21.4. The Kier molecular flexibility index (Phi) is 8.65. The lowest BCUT2D eigenvalue weighted by atomic mass is 10.2. The monoisotopic (exact) mass is 718 g/mol. The van der Waals surface area contributed by atoms with Crippen molar-refractivity contribution in [3.63, 3.8) is 0 Å². The van der Waals surface area contributed by atoms with Crippen molar-refractivity contribution in [3.8, 4) is 0 Å².